The summed E-state index contributed by atoms with van der Waals surface area (Å²) in [6, 6.07) is -0.348. The normalized spacial score (nSPS) is 40.3. The maximum absolute atomic E-state index is 10.9. The molecule has 0 amide bonds. The number of rotatable bonds is 2. The number of carbonyl (C=O) groups is 1. The molecule has 0 unspecified atom stereocenters. The predicted molar refractivity (Wildman–Crippen MR) is 49.8 cm³/mol. The topological polar surface area (TPSA) is 84.9 Å². The van der Waals surface area contributed by atoms with E-state index in [0.29, 0.717) is 6.42 Å². The second kappa shape index (κ2) is 3.24. The first-order valence-electron chi connectivity index (χ1n) is 4.86. The van der Waals surface area contributed by atoms with Crippen LogP contribution in [-0.2, 0) is 9.63 Å². The van der Waals surface area contributed by atoms with Crippen molar-refractivity contribution in [1.82, 2.24) is 0 Å². The van der Waals surface area contributed by atoms with Crippen LogP contribution in [0, 0.1) is 11.8 Å². The number of carboxylic acid groups (broad SMARTS) is 1. The van der Waals surface area contributed by atoms with Gasteiger partial charge in [-0.3, -0.25) is 4.79 Å². The van der Waals surface area contributed by atoms with E-state index in [1.165, 1.54) is 0 Å². The number of hydrogen-bond donors (Lipinski definition) is 2. The second-order valence-electron chi connectivity index (χ2n) is 3.86. The third-order valence-corrected chi connectivity index (χ3v) is 3.14. The van der Waals surface area contributed by atoms with Crippen molar-refractivity contribution in [3.05, 3.63) is 0 Å². The minimum atomic E-state index is -0.828. The molecule has 3 N–H and O–H groups in total. The fourth-order valence-electron chi connectivity index (χ4n) is 2.36. The molecular weight excluding hydrogens is 184 g/mol. The van der Waals surface area contributed by atoms with Crippen LogP contribution in [0.4, 0.5) is 0 Å². The minimum absolute atomic E-state index is 0.0149. The molecule has 78 valence electrons. The monoisotopic (exact) mass is 198 g/mol. The molecule has 1 aliphatic heterocycles. The average Bonchev–Trinajstić information content (AvgIpc) is 2.66. The second-order valence-corrected chi connectivity index (χ2v) is 3.86. The first-order valence-corrected chi connectivity index (χ1v) is 4.86. The van der Waals surface area contributed by atoms with Gasteiger partial charge in [-0.15, -0.1) is 0 Å². The van der Waals surface area contributed by atoms with Crippen LogP contribution in [-0.4, -0.2) is 28.9 Å². The number of oxime groups is 1. The van der Waals surface area contributed by atoms with Crippen LogP contribution in [0.1, 0.15) is 19.8 Å². The van der Waals surface area contributed by atoms with Crippen LogP contribution in [0.15, 0.2) is 5.16 Å². The Kier molecular flexibility index (Phi) is 2.19. The molecule has 2 rings (SSSR count). The zero-order valence-electron chi connectivity index (χ0n) is 8.01. The lowest BCUT2D eigenvalue weighted by Gasteiger charge is -2.15. The highest BCUT2D eigenvalue weighted by Crippen LogP contribution is 2.38. The van der Waals surface area contributed by atoms with Gasteiger partial charge < -0.3 is 15.7 Å². The molecular formula is C9H14N2O3. The van der Waals surface area contributed by atoms with Crippen molar-refractivity contribution in [3.8, 4) is 0 Å². The van der Waals surface area contributed by atoms with Crippen LogP contribution in [0.2, 0.25) is 0 Å². The maximum Gasteiger partial charge on any atom is 0.308 e. The first-order chi connectivity index (χ1) is 6.65. The van der Waals surface area contributed by atoms with Crippen LogP contribution in [0.5, 0.6) is 0 Å². The lowest BCUT2D eigenvalue weighted by Crippen LogP contribution is -2.39. The average molecular weight is 198 g/mol. The minimum Gasteiger partial charge on any atom is -0.481 e. The number of hydrogen-bond acceptors (Lipinski definition) is 4. The number of carboxylic acids is 1. The number of fused-ring (bicyclic) bond motifs is 1. The summed E-state index contributed by atoms with van der Waals surface area (Å²) in [7, 11) is 0. The van der Waals surface area contributed by atoms with Crippen molar-refractivity contribution in [1.29, 1.82) is 0 Å². The summed E-state index contributed by atoms with van der Waals surface area (Å²) < 4.78 is 0. The summed E-state index contributed by atoms with van der Waals surface area (Å²) in [4.78, 5) is 16.0. The fourth-order valence-corrected chi connectivity index (χ4v) is 2.36. The Bertz CT molecular complexity index is 290. The van der Waals surface area contributed by atoms with Crippen molar-refractivity contribution < 1.29 is 14.7 Å². The Morgan fingerprint density at radius 3 is 3.07 bits per heavy atom. The Morgan fingerprint density at radius 2 is 2.50 bits per heavy atom. The molecule has 0 saturated heterocycles. The molecule has 2 aliphatic rings. The quantitative estimate of drug-likeness (QED) is 0.663. The predicted octanol–water partition coefficient (Wildman–Crippen LogP) is 0.199. The van der Waals surface area contributed by atoms with Crippen molar-refractivity contribution in [3.63, 3.8) is 0 Å². The van der Waals surface area contributed by atoms with E-state index in [9.17, 15) is 4.79 Å². The van der Waals surface area contributed by atoms with Gasteiger partial charge in [0.25, 0.3) is 0 Å². The molecule has 4 atom stereocenters. The van der Waals surface area contributed by atoms with E-state index in [0.717, 1.165) is 12.1 Å². The summed E-state index contributed by atoms with van der Waals surface area (Å²) in [6.45, 7) is 1.98. The van der Waals surface area contributed by atoms with Gasteiger partial charge in [0, 0.05) is 12.5 Å². The number of nitrogens with zero attached hydrogens (tertiary/aromatic N) is 1. The highest BCUT2D eigenvalue weighted by molar-refractivity contribution is 5.90. The van der Waals surface area contributed by atoms with Crippen LogP contribution in [0.25, 0.3) is 0 Å². The van der Waals surface area contributed by atoms with Crippen molar-refractivity contribution in [2.75, 3.05) is 0 Å². The molecule has 0 spiro atoms. The van der Waals surface area contributed by atoms with Crippen LogP contribution in [0.3, 0.4) is 0 Å². The maximum atomic E-state index is 10.9. The smallest absolute Gasteiger partial charge is 0.308 e. The van der Waals surface area contributed by atoms with E-state index in [4.69, 9.17) is 15.7 Å². The van der Waals surface area contributed by atoms with Gasteiger partial charge in [-0.05, 0) is 6.42 Å². The first kappa shape index (κ1) is 9.45. The largest absolute Gasteiger partial charge is 0.481 e. The number of nitrogens with two attached hydrogens (primary N) is 1. The summed E-state index contributed by atoms with van der Waals surface area (Å²) in [5, 5.41) is 12.8. The Balaban J connectivity index is 2.17. The summed E-state index contributed by atoms with van der Waals surface area (Å²) in [5.41, 5.74) is 6.80. The van der Waals surface area contributed by atoms with E-state index in [1.807, 2.05) is 6.92 Å². The molecule has 1 fully saturated rings. The highest BCUT2D eigenvalue weighted by atomic mass is 16.6. The van der Waals surface area contributed by atoms with Gasteiger partial charge in [0.1, 0.15) is 6.10 Å². The van der Waals surface area contributed by atoms with E-state index in [2.05, 4.69) is 5.16 Å². The van der Waals surface area contributed by atoms with Gasteiger partial charge in [-0.25, -0.2) is 0 Å². The molecule has 0 aromatic rings. The van der Waals surface area contributed by atoms with Gasteiger partial charge in [0.05, 0.1) is 17.5 Å². The molecule has 0 radical (unpaired) electrons. The SMILES string of the molecule is CCC1=NO[C@H]2C[C@H](C(=O)O)[C@H](N)[C@@H]12. The van der Waals surface area contributed by atoms with Gasteiger partial charge in [0.15, 0.2) is 0 Å². The third kappa shape index (κ3) is 1.19. The van der Waals surface area contributed by atoms with E-state index >= 15 is 0 Å². The van der Waals surface area contributed by atoms with E-state index in [-0.39, 0.29) is 18.1 Å². The van der Waals surface area contributed by atoms with E-state index in [1.54, 1.807) is 0 Å². The van der Waals surface area contributed by atoms with Crippen molar-refractivity contribution in [2.24, 2.45) is 22.7 Å². The van der Waals surface area contributed by atoms with Crippen molar-refractivity contribution in [2.45, 2.75) is 31.9 Å². The van der Waals surface area contributed by atoms with Gasteiger partial charge >= 0.3 is 5.97 Å². The third-order valence-electron chi connectivity index (χ3n) is 3.14. The highest BCUT2D eigenvalue weighted by Gasteiger charge is 2.50. The molecule has 1 saturated carbocycles. The van der Waals surface area contributed by atoms with Crippen molar-refractivity contribution >= 4 is 11.7 Å². The molecule has 1 heterocycles. The van der Waals surface area contributed by atoms with Crippen LogP contribution < -0.4 is 5.73 Å². The Morgan fingerprint density at radius 1 is 1.79 bits per heavy atom. The summed E-state index contributed by atoms with van der Waals surface area (Å²) >= 11 is 0. The molecule has 5 heteroatoms. The van der Waals surface area contributed by atoms with Crippen LogP contribution >= 0.6 is 0 Å². The molecule has 5 nitrogen and oxygen atoms in total. The zero-order chi connectivity index (χ0) is 10.3. The Labute approximate surface area is 81.9 Å². The van der Waals surface area contributed by atoms with Gasteiger partial charge in [-0.2, -0.15) is 0 Å². The lowest BCUT2D eigenvalue weighted by atomic mass is 9.93. The molecule has 14 heavy (non-hydrogen) atoms. The zero-order valence-corrected chi connectivity index (χ0v) is 8.01. The standard InChI is InChI=1S/C9H14N2O3/c1-2-5-7-6(14-11-5)3-4(8(7)10)9(12)13/h4,6-8H,2-3,10H2,1H3,(H,12,13)/t4-,6-,7-,8-/m0/s1. The lowest BCUT2D eigenvalue weighted by molar-refractivity contribution is -0.142. The van der Waals surface area contributed by atoms with E-state index < -0.39 is 11.9 Å². The summed E-state index contributed by atoms with van der Waals surface area (Å²) in [5.74, 6) is -1.30. The number of aliphatic carboxylic acids is 1. The summed E-state index contributed by atoms with van der Waals surface area (Å²) in [6.07, 6.45) is 1.15. The van der Waals surface area contributed by atoms with Gasteiger partial charge in [0.2, 0.25) is 0 Å². The molecule has 0 aromatic heterocycles. The molecule has 0 aromatic carbocycles. The fraction of sp³-hybridized carbons (Fsp3) is 0.778. The molecule has 0 bridgehead atoms. The Hall–Kier alpha value is -1.10. The van der Waals surface area contributed by atoms with Gasteiger partial charge in [-0.1, -0.05) is 12.1 Å². The molecule has 1 aliphatic carbocycles.